The van der Waals surface area contributed by atoms with E-state index in [9.17, 15) is 15.3 Å². The van der Waals surface area contributed by atoms with Gasteiger partial charge in [-0.15, -0.1) is 46.0 Å². The summed E-state index contributed by atoms with van der Waals surface area (Å²) in [5.74, 6) is 0. The Bertz CT molecular complexity index is 299. The predicted molar refractivity (Wildman–Crippen MR) is 99.1 cm³/mol. The van der Waals surface area contributed by atoms with Crippen LogP contribution in [0.5, 0.6) is 0 Å². The van der Waals surface area contributed by atoms with E-state index >= 15 is 0 Å². The summed E-state index contributed by atoms with van der Waals surface area (Å²) in [6, 6.07) is 0. The molecule has 4 heteroatoms. The van der Waals surface area contributed by atoms with Crippen molar-refractivity contribution in [1.82, 2.24) is 0 Å². The molecule has 0 heterocycles. The quantitative estimate of drug-likeness (QED) is 0.350. The van der Waals surface area contributed by atoms with E-state index < -0.39 is 0 Å². The van der Waals surface area contributed by atoms with Crippen molar-refractivity contribution < 1.29 is 37.0 Å². The van der Waals surface area contributed by atoms with Crippen LogP contribution < -0.4 is 15.3 Å². The van der Waals surface area contributed by atoms with Gasteiger partial charge in [0.05, 0.1) is 0 Å². The molecular formula is C21H34O3Ti. The van der Waals surface area contributed by atoms with Crippen LogP contribution in [0, 0.1) is 6.08 Å². The van der Waals surface area contributed by atoms with Gasteiger partial charge in [-0.2, -0.15) is 6.08 Å². The van der Waals surface area contributed by atoms with Crippen LogP contribution in [-0.4, -0.2) is 19.8 Å². The van der Waals surface area contributed by atoms with Crippen LogP contribution in [0.4, 0.5) is 0 Å². The Balaban J connectivity index is -0.000000122. The van der Waals surface area contributed by atoms with E-state index in [2.05, 4.69) is 44.9 Å². The van der Waals surface area contributed by atoms with Crippen LogP contribution in [0.25, 0.3) is 0 Å². The Kier molecular flexibility index (Phi) is 44.3. The van der Waals surface area contributed by atoms with Gasteiger partial charge in [0.1, 0.15) is 0 Å². The molecule has 0 fully saturated rings. The fourth-order valence-corrected chi connectivity index (χ4v) is 1.24. The third kappa shape index (κ3) is 39.8. The molecule has 0 aliphatic heterocycles. The van der Waals surface area contributed by atoms with E-state index in [-0.39, 0.29) is 41.5 Å². The molecule has 0 amide bonds. The molecule has 1 aliphatic carbocycles. The first-order valence-corrected chi connectivity index (χ1v) is 8.51. The van der Waals surface area contributed by atoms with Gasteiger partial charge in [-0.3, -0.25) is 6.08 Å². The second-order valence-electron chi connectivity index (χ2n) is 4.76. The Labute approximate surface area is 170 Å². The van der Waals surface area contributed by atoms with Gasteiger partial charge in [-0.05, 0) is 0 Å². The number of unbranched alkanes of at least 4 members (excludes halogenated alkanes) is 1. The minimum atomic E-state index is -0.0243. The molecule has 0 N–H and O–H groups in total. The minimum absolute atomic E-state index is 0. The number of allylic oxidation sites excluding steroid dienone is 4. The van der Waals surface area contributed by atoms with E-state index in [4.69, 9.17) is 0 Å². The van der Waals surface area contributed by atoms with E-state index in [0.717, 1.165) is 6.42 Å². The average Bonchev–Trinajstić information content (AvgIpc) is 3.10. The molecule has 0 saturated carbocycles. The summed E-state index contributed by atoms with van der Waals surface area (Å²) in [5.41, 5.74) is 1.41. The zero-order valence-electron chi connectivity index (χ0n) is 15.8. The van der Waals surface area contributed by atoms with Crippen molar-refractivity contribution in [1.29, 1.82) is 0 Å². The first-order chi connectivity index (χ1) is 11.7. The molecule has 0 spiro atoms. The van der Waals surface area contributed by atoms with Crippen LogP contribution in [0.15, 0.2) is 55.7 Å². The summed E-state index contributed by atoms with van der Waals surface area (Å²) < 4.78 is 0. The van der Waals surface area contributed by atoms with Crippen LogP contribution in [0.3, 0.4) is 0 Å². The average molecular weight is 382 g/mol. The standard InChI is InChI=1S/C9H13.3C4H7O.Ti/c1-2-3-6-9-7-4-5-8-9;3*1-2-3-4-5;/h4,7H,2-3,5-6H2,1H3;3*2H,1,3-4H2;/q4*-1;+4. The van der Waals surface area contributed by atoms with E-state index in [1.54, 1.807) is 18.2 Å². The molecule has 0 unspecified atom stereocenters. The Morgan fingerprint density at radius 2 is 1.40 bits per heavy atom. The topological polar surface area (TPSA) is 69.2 Å². The Morgan fingerprint density at radius 3 is 1.60 bits per heavy atom. The molecule has 1 aliphatic rings. The van der Waals surface area contributed by atoms with E-state index in [1.165, 1.54) is 24.8 Å². The van der Waals surface area contributed by atoms with Gasteiger partial charge >= 0.3 is 21.7 Å². The van der Waals surface area contributed by atoms with Crippen molar-refractivity contribution in [2.24, 2.45) is 0 Å². The molecule has 3 nitrogen and oxygen atoms in total. The molecule has 0 saturated heterocycles. The molecule has 0 radical (unpaired) electrons. The zero-order chi connectivity index (χ0) is 18.9. The summed E-state index contributed by atoms with van der Waals surface area (Å²) in [4.78, 5) is 0. The van der Waals surface area contributed by atoms with Crippen molar-refractivity contribution in [2.75, 3.05) is 19.8 Å². The van der Waals surface area contributed by atoms with Crippen molar-refractivity contribution in [3.05, 3.63) is 61.8 Å². The van der Waals surface area contributed by atoms with E-state index in [1.807, 2.05) is 0 Å². The van der Waals surface area contributed by atoms with Gasteiger partial charge in [0.15, 0.2) is 0 Å². The summed E-state index contributed by atoms with van der Waals surface area (Å²) in [6.07, 6.45) is 19.2. The third-order valence-electron chi connectivity index (χ3n) is 2.53. The molecule has 0 atom stereocenters. The third-order valence-corrected chi connectivity index (χ3v) is 2.53. The van der Waals surface area contributed by atoms with Gasteiger partial charge in [-0.1, -0.05) is 63.7 Å². The van der Waals surface area contributed by atoms with Crippen molar-refractivity contribution in [3.8, 4) is 0 Å². The number of rotatable bonds is 9. The SMILES string of the molecule is C=CCC[O-].C=CCC[O-].C=CCC[O-].CCCCC1=[C-]CC=C1.[Ti+4]. The van der Waals surface area contributed by atoms with Crippen LogP contribution in [0.1, 0.15) is 51.9 Å². The zero-order valence-corrected chi connectivity index (χ0v) is 17.4. The first kappa shape index (κ1) is 32.0. The Morgan fingerprint density at radius 1 is 0.960 bits per heavy atom. The second kappa shape index (κ2) is 34.6. The fourth-order valence-electron chi connectivity index (χ4n) is 1.24. The van der Waals surface area contributed by atoms with Crippen molar-refractivity contribution in [2.45, 2.75) is 51.9 Å². The Hall–Kier alpha value is -0.706. The smallest absolute Gasteiger partial charge is 0.854 e. The maximum atomic E-state index is 9.46. The van der Waals surface area contributed by atoms with Crippen molar-refractivity contribution >= 4 is 0 Å². The maximum absolute atomic E-state index is 9.46. The summed E-state index contributed by atoms with van der Waals surface area (Å²) in [5, 5.41) is 28.4. The molecule has 0 aromatic rings. The second-order valence-corrected chi connectivity index (χ2v) is 4.76. The van der Waals surface area contributed by atoms with Crippen LogP contribution in [-0.2, 0) is 21.7 Å². The number of hydrogen-bond acceptors (Lipinski definition) is 3. The molecule has 0 aromatic carbocycles. The summed E-state index contributed by atoms with van der Waals surface area (Å²) in [7, 11) is 0. The maximum Gasteiger partial charge on any atom is 4.00 e. The molecule has 0 bridgehead atoms. The molecule has 25 heavy (non-hydrogen) atoms. The minimum Gasteiger partial charge on any atom is -0.854 e. The molecule has 1 rings (SSSR count). The van der Waals surface area contributed by atoms with Gasteiger partial charge in [0.2, 0.25) is 0 Å². The first-order valence-electron chi connectivity index (χ1n) is 8.51. The van der Waals surface area contributed by atoms with Gasteiger partial charge in [0, 0.05) is 0 Å². The summed E-state index contributed by atoms with van der Waals surface area (Å²) >= 11 is 0. The van der Waals surface area contributed by atoms with Crippen LogP contribution >= 0.6 is 0 Å². The van der Waals surface area contributed by atoms with Crippen molar-refractivity contribution in [3.63, 3.8) is 0 Å². The largest absolute Gasteiger partial charge is 4.00 e. The fraction of sp³-hybridized carbons (Fsp3) is 0.524. The monoisotopic (exact) mass is 382 g/mol. The van der Waals surface area contributed by atoms with Gasteiger partial charge in [-0.25, -0.2) is 11.6 Å². The predicted octanol–water partition coefficient (Wildman–Crippen LogP) is 2.63. The molecule has 0 aromatic heterocycles. The van der Waals surface area contributed by atoms with Gasteiger partial charge in [0.25, 0.3) is 0 Å². The normalized spacial score (nSPS) is 10.3. The number of hydrogen-bond donors (Lipinski definition) is 0. The van der Waals surface area contributed by atoms with Crippen LogP contribution in [0.2, 0.25) is 0 Å². The van der Waals surface area contributed by atoms with E-state index in [0.29, 0.717) is 19.3 Å². The van der Waals surface area contributed by atoms with Gasteiger partial charge < -0.3 is 15.3 Å². The summed E-state index contributed by atoms with van der Waals surface area (Å²) in [6.45, 7) is 12.2. The molecular weight excluding hydrogens is 348 g/mol. The molecule has 140 valence electrons.